The maximum atomic E-state index is 10.2. The molecule has 3 nitrogen and oxygen atoms in total. The van der Waals surface area contributed by atoms with E-state index in [1.165, 1.54) is 5.56 Å². The molecule has 1 unspecified atom stereocenters. The smallest absolute Gasteiger partial charge is 0.119 e. The molecule has 0 aliphatic heterocycles. The molecule has 0 aliphatic rings. The largest absolute Gasteiger partial charge is 0.494 e. The third kappa shape index (κ3) is 3.81. The maximum Gasteiger partial charge on any atom is 0.119 e. The van der Waals surface area contributed by atoms with Crippen LogP contribution in [0.1, 0.15) is 36.8 Å². The molecular formula is C17H21NO2. The SMILES string of the molecule is CCOc1ccc(C(O)Cc2ccc(CC)cn2)cc1. The highest BCUT2D eigenvalue weighted by atomic mass is 16.5. The zero-order chi connectivity index (χ0) is 14.4. The van der Waals surface area contributed by atoms with E-state index in [4.69, 9.17) is 4.74 Å². The Hall–Kier alpha value is -1.87. The third-order valence-corrected chi connectivity index (χ3v) is 3.27. The number of nitrogens with zero attached hydrogens (tertiary/aromatic N) is 1. The van der Waals surface area contributed by atoms with Gasteiger partial charge in [-0.15, -0.1) is 0 Å². The van der Waals surface area contributed by atoms with E-state index in [1.54, 1.807) is 0 Å². The summed E-state index contributed by atoms with van der Waals surface area (Å²) in [7, 11) is 0. The van der Waals surface area contributed by atoms with E-state index in [0.717, 1.165) is 23.4 Å². The van der Waals surface area contributed by atoms with Crippen molar-refractivity contribution in [2.24, 2.45) is 0 Å². The molecule has 3 heteroatoms. The second-order valence-electron chi connectivity index (χ2n) is 4.73. The van der Waals surface area contributed by atoms with Crippen molar-refractivity contribution >= 4 is 0 Å². The molecule has 1 aromatic heterocycles. The van der Waals surface area contributed by atoms with Crippen LogP contribution in [0.5, 0.6) is 5.75 Å². The number of aryl methyl sites for hydroxylation is 1. The number of ether oxygens (including phenoxy) is 1. The highest BCUT2D eigenvalue weighted by molar-refractivity contribution is 5.29. The number of benzene rings is 1. The molecule has 1 heterocycles. The Morgan fingerprint density at radius 1 is 1.10 bits per heavy atom. The molecule has 106 valence electrons. The summed E-state index contributed by atoms with van der Waals surface area (Å²) in [5, 5.41) is 10.2. The number of hydrogen-bond acceptors (Lipinski definition) is 3. The highest BCUT2D eigenvalue weighted by Gasteiger charge is 2.09. The van der Waals surface area contributed by atoms with Gasteiger partial charge in [0.25, 0.3) is 0 Å². The lowest BCUT2D eigenvalue weighted by atomic mass is 10.0. The number of pyridine rings is 1. The molecule has 0 saturated carbocycles. The van der Waals surface area contributed by atoms with Crippen LogP contribution in [-0.4, -0.2) is 16.7 Å². The molecule has 1 atom stereocenters. The zero-order valence-corrected chi connectivity index (χ0v) is 12.0. The fraction of sp³-hybridized carbons (Fsp3) is 0.353. The predicted octanol–water partition coefficient (Wildman–Crippen LogP) is 3.32. The predicted molar refractivity (Wildman–Crippen MR) is 79.9 cm³/mol. The Morgan fingerprint density at radius 2 is 1.85 bits per heavy atom. The summed E-state index contributed by atoms with van der Waals surface area (Å²) in [6, 6.07) is 11.6. The normalized spacial score (nSPS) is 12.2. The van der Waals surface area contributed by atoms with E-state index in [0.29, 0.717) is 13.0 Å². The van der Waals surface area contributed by atoms with E-state index in [1.807, 2.05) is 43.5 Å². The van der Waals surface area contributed by atoms with Crippen molar-refractivity contribution in [3.8, 4) is 5.75 Å². The van der Waals surface area contributed by atoms with E-state index in [2.05, 4.69) is 18.0 Å². The van der Waals surface area contributed by atoms with Crippen LogP contribution in [0.2, 0.25) is 0 Å². The summed E-state index contributed by atoms with van der Waals surface area (Å²) >= 11 is 0. The molecule has 20 heavy (non-hydrogen) atoms. The Morgan fingerprint density at radius 3 is 2.40 bits per heavy atom. The standard InChI is InChI=1S/C17H21NO2/c1-3-13-5-8-15(18-12-13)11-17(19)14-6-9-16(10-7-14)20-4-2/h5-10,12,17,19H,3-4,11H2,1-2H3. The molecule has 0 spiro atoms. The number of aliphatic hydroxyl groups excluding tert-OH is 1. The summed E-state index contributed by atoms with van der Waals surface area (Å²) in [6.45, 7) is 4.70. The van der Waals surface area contributed by atoms with Gasteiger partial charge < -0.3 is 9.84 Å². The summed E-state index contributed by atoms with van der Waals surface area (Å²) in [5.74, 6) is 0.828. The Balaban J connectivity index is 2.01. The van der Waals surface area contributed by atoms with Gasteiger partial charge in [0, 0.05) is 18.3 Å². The molecule has 1 N–H and O–H groups in total. The Kier molecular flexibility index (Phi) is 5.13. The van der Waals surface area contributed by atoms with Crippen LogP contribution in [0.15, 0.2) is 42.6 Å². The quantitative estimate of drug-likeness (QED) is 0.876. The second-order valence-corrected chi connectivity index (χ2v) is 4.73. The lowest BCUT2D eigenvalue weighted by molar-refractivity contribution is 0.177. The second kappa shape index (κ2) is 7.06. The average Bonchev–Trinajstić information content (AvgIpc) is 2.49. The van der Waals surface area contributed by atoms with Crippen molar-refractivity contribution in [3.05, 3.63) is 59.4 Å². The van der Waals surface area contributed by atoms with Gasteiger partial charge in [-0.25, -0.2) is 0 Å². The molecule has 0 radical (unpaired) electrons. The summed E-state index contributed by atoms with van der Waals surface area (Å²) in [4.78, 5) is 4.38. The van der Waals surface area contributed by atoms with E-state index >= 15 is 0 Å². The van der Waals surface area contributed by atoms with Crippen LogP contribution in [-0.2, 0) is 12.8 Å². The lowest BCUT2D eigenvalue weighted by Crippen LogP contribution is -2.03. The number of rotatable bonds is 6. The minimum Gasteiger partial charge on any atom is -0.494 e. The van der Waals surface area contributed by atoms with Gasteiger partial charge in [-0.05, 0) is 42.7 Å². The molecule has 2 aromatic rings. The van der Waals surface area contributed by atoms with Crippen LogP contribution < -0.4 is 4.74 Å². The van der Waals surface area contributed by atoms with Crippen LogP contribution in [0, 0.1) is 0 Å². The van der Waals surface area contributed by atoms with Gasteiger partial charge in [0.15, 0.2) is 0 Å². The molecule has 0 aliphatic carbocycles. The molecule has 0 saturated heterocycles. The lowest BCUT2D eigenvalue weighted by Gasteiger charge is -2.12. The van der Waals surface area contributed by atoms with Crippen molar-refractivity contribution in [1.82, 2.24) is 4.98 Å². The van der Waals surface area contributed by atoms with Crippen molar-refractivity contribution in [1.29, 1.82) is 0 Å². The first-order valence-corrected chi connectivity index (χ1v) is 7.07. The molecule has 0 bridgehead atoms. The maximum absolute atomic E-state index is 10.2. The fourth-order valence-corrected chi connectivity index (χ4v) is 2.05. The van der Waals surface area contributed by atoms with Crippen molar-refractivity contribution in [2.45, 2.75) is 32.8 Å². The van der Waals surface area contributed by atoms with Gasteiger partial charge >= 0.3 is 0 Å². The van der Waals surface area contributed by atoms with E-state index in [-0.39, 0.29) is 0 Å². The minimum atomic E-state index is -0.536. The Bertz CT molecular complexity index is 520. The number of hydrogen-bond donors (Lipinski definition) is 1. The molecule has 1 aromatic carbocycles. The van der Waals surface area contributed by atoms with Gasteiger partial charge in [-0.1, -0.05) is 25.1 Å². The third-order valence-electron chi connectivity index (χ3n) is 3.27. The van der Waals surface area contributed by atoms with Crippen molar-refractivity contribution < 1.29 is 9.84 Å². The highest BCUT2D eigenvalue weighted by Crippen LogP contribution is 2.20. The van der Waals surface area contributed by atoms with Crippen LogP contribution in [0.4, 0.5) is 0 Å². The topological polar surface area (TPSA) is 42.4 Å². The monoisotopic (exact) mass is 271 g/mol. The first kappa shape index (κ1) is 14.5. The van der Waals surface area contributed by atoms with Crippen LogP contribution in [0.3, 0.4) is 0 Å². The van der Waals surface area contributed by atoms with Crippen LogP contribution in [0.25, 0.3) is 0 Å². The molecule has 2 rings (SSSR count). The number of aliphatic hydroxyl groups is 1. The van der Waals surface area contributed by atoms with Crippen LogP contribution >= 0.6 is 0 Å². The number of aromatic nitrogens is 1. The summed E-state index contributed by atoms with van der Waals surface area (Å²) in [5.41, 5.74) is 3.00. The van der Waals surface area contributed by atoms with Crippen molar-refractivity contribution in [2.75, 3.05) is 6.61 Å². The first-order chi connectivity index (χ1) is 9.72. The molecule has 0 fully saturated rings. The van der Waals surface area contributed by atoms with Gasteiger partial charge in [-0.3, -0.25) is 4.98 Å². The summed E-state index contributed by atoms with van der Waals surface area (Å²) in [6.07, 6.45) is 2.85. The molecular weight excluding hydrogens is 250 g/mol. The van der Waals surface area contributed by atoms with Gasteiger partial charge in [0.1, 0.15) is 5.75 Å². The van der Waals surface area contributed by atoms with Gasteiger partial charge in [-0.2, -0.15) is 0 Å². The zero-order valence-electron chi connectivity index (χ0n) is 12.0. The Labute approximate surface area is 120 Å². The van der Waals surface area contributed by atoms with Gasteiger partial charge in [0.2, 0.25) is 0 Å². The van der Waals surface area contributed by atoms with Crippen molar-refractivity contribution in [3.63, 3.8) is 0 Å². The summed E-state index contributed by atoms with van der Waals surface area (Å²) < 4.78 is 5.39. The van der Waals surface area contributed by atoms with E-state index < -0.39 is 6.10 Å². The van der Waals surface area contributed by atoms with Gasteiger partial charge in [0.05, 0.1) is 12.7 Å². The minimum absolute atomic E-state index is 0.526. The molecule has 0 amide bonds. The fourth-order valence-electron chi connectivity index (χ4n) is 2.05. The van der Waals surface area contributed by atoms with E-state index in [9.17, 15) is 5.11 Å². The average molecular weight is 271 g/mol. The first-order valence-electron chi connectivity index (χ1n) is 7.07.